The Bertz CT molecular complexity index is 1550. The Labute approximate surface area is 208 Å². The monoisotopic (exact) mass is 513 g/mol. The van der Waals surface area contributed by atoms with Crippen molar-refractivity contribution >= 4 is 40.7 Å². The zero-order valence-corrected chi connectivity index (χ0v) is 20.5. The van der Waals surface area contributed by atoms with Crippen LogP contribution in [-0.4, -0.2) is 26.7 Å². The fourth-order valence-electron chi connectivity index (χ4n) is 3.75. The van der Waals surface area contributed by atoms with Crippen LogP contribution in [0.25, 0.3) is 6.08 Å². The summed E-state index contributed by atoms with van der Waals surface area (Å²) in [4.78, 5) is 41.9. The number of halogens is 1. The number of allylic oxidation sites excluding steroid dienone is 1. The van der Waals surface area contributed by atoms with Crippen LogP contribution in [0.15, 0.2) is 63.5 Å². The van der Waals surface area contributed by atoms with E-state index >= 15 is 0 Å². The van der Waals surface area contributed by atoms with Gasteiger partial charge in [0.25, 0.3) is 5.56 Å². The molecule has 3 aromatic rings. The van der Waals surface area contributed by atoms with Crippen LogP contribution < -0.4 is 14.9 Å². The van der Waals surface area contributed by atoms with Crippen LogP contribution in [0.3, 0.4) is 0 Å². The van der Waals surface area contributed by atoms with Gasteiger partial charge in [0.15, 0.2) is 10.6 Å². The van der Waals surface area contributed by atoms with Gasteiger partial charge in [-0.2, -0.15) is 0 Å². The largest absolute Gasteiger partial charge is 0.502 e. The topological polar surface area (TPSA) is 124 Å². The molecule has 1 atom stereocenters. The number of phenols is 1. The Hall–Kier alpha value is -3.76. The third kappa shape index (κ3) is 4.75. The summed E-state index contributed by atoms with van der Waals surface area (Å²) in [5.41, 5.74) is 0.765. The van der Waals surface area contributed by atoms with Gasteiger partial charge in [-0.15, -0.1) is 0 Å². The van der Waals surface area contributed by atoms with E-state index in [0.29, 0.717) is 26.6 Å². The molecule has 0 saturated heterocycles. The molecule has 0 bridgehead atoms. The standard InChI is InChI=1S/C24H20ClN3O6S/c1-12(2)34-23(31)20-13(3)26-24-27(21(20)15-5-7-16(25)8-6-15)22(30)19(35-24)11-14-4-9-18(29)17(10-14)28(32)33/h4-12,21,29H,1-3H3. The van der Waals surface area contributed by atoms with Crippen LogP contribution in [0.4, 0.5) is 5.69 Å². The molecule has 1 aliphatic rings. The fourth-order valence-corrected chi connectivity index (χ4v) is 4.92. The van der Waals surface area contributed by atoms with Gasteiger partial charge in [-0.05, 0) is 56.2 Å². The van der Waals surface area contributed by atoms with Crippen molar-refractivity contribution in [2.24, 2.45) is 4.99 Å². The lowest BCUT2D eigenvalue weighted by Crippen LogP contribution is -2.40. The van der Waals surface area contributed by atoms with Crippen molar-refractivity contribution in [2.45, 2.75) is 32.9 Å². The number of hydrogen-bond acceptors (Lipinski definition) is 8. The van der Waals surface area contributed by atoms with Gasteiger partial charge in [-0.3, -0.25) is 19.5 Å². The summed E-state index contributed by atoms with van der Waals surface area (Å²) in [6.07, 6.45) is 1.11. The zero-order chi connectivity index (χ0) is 25.4. The van der Waals surface area contributed by atoms with Gasteiger partial charge >= 0.3 is 11.7 Å². The number of carbonyl (C=O) groups is 1. The molecule has 2 heterocycles. The maximum atomic E-state index is 13.5. The highest BCUT2D eigenvalue weighted by atomic mass is 35.5. The first kappa shape index (κ1) is 24.4. The molecule has 11 heteroatoms. The summed E-state index contributed by atoms with van der Waals surface area (Å²) in [6.45, 7) is 5.15. The Morgan fingerprint density at radius 3 is 2.60 bits per heavy atom. The number of hydrogen-bond donors (Lipinski definition) is 1. The number of nitro benzene ring substituents is 1. The Morgan fingerprint density at radius 2 is 1.97 bits per heavy atom. The number of thiazole rings is 1. The first-order valence-corrected chi connectivity index (χ1v) is 11.7. The number of aromatic hydroxyl groups is 1. The molecular weight excluding hydrogens is 494 g/mol. The molecular formula is C24H20ClN3O6S. The quantitative estimate of drug-likeness (QED) is 0.316. The van der Waals surface area contributed by atoms with E-state index in [4.69, 9.17) is 16.3 Å². The highest BCUT2D eigenvalue weighted by Crippen LogP contribution is 2.32. The molecule has 0 spiro atoms. The first-order chi connectivity index (χ1) is 16.6. The van der Waals surface area contributed by atoms with Gasteiger partial charge < -0.3 is 9.84 Å². The highest BCUT2D eigenvalue weighted by Gasteiger charge is 2.33. The van der Waals surface area contributed by atoms with Crippen molar-refractivity contribution in [1.29, 1.82) is 0 Å². The van der Waals surface area contributed by atoms with Crippen LogP contribution in [0.5, 0.6) is 5.75 Å². The smallest absolute Gasteiger partial charge is 0.338 e. The number of benzene rings is 2. The predicted molar refractivity (Wildman–Crippen MR) is 131 cm³/mol. The van der Waals surface area contributed by atoms with Crippen molar-refractivity contribution in [2.75, 3.05) is 0 Å². The summed E-state index contributed by atoms with van der Waals surface area (Å²) in [5, 5.41) is 21.4. The molecule has 0 aliphatic carbocycles. The number of aromatic nitrogens is 1. The van der Waals surface area contributed by atoms with Gasteiger partial charge in [0, 0.05) is 11.1 Å². The van der Waals surface area contributed by atoms with Crippen molar-refractivity contribution < 1.29 is 19.6 Å². The molecule has 0 fully saturated rings. The van der Waals surface area contributed by atoms with E-state index in [1.54, 1.807) is 45.0 Å². The molecule has 0 saturated carbocycles. The van der Waals surface area contributed by atoms with E-state index in [-0.39, 0.29) is 16.2 Å². The van der Waals surface area contributed by atoms with Crippen LogP contribution >= 0.6 is 22.9 Å². The SMILES string of the molecule is CC1=C(C(=O)OC(C)C)C(c2ccc(Cl)cc2)n2c(sc(=Cc3ccc(O)c([N+](=O)[O-])c3)c2=O)=N1. The molecule has 1 aromatic heterocycles. The lowest BCUT2D eigenvalue weighted by atomic mass is 9.96. The molecule has 0 amide bonds. The summed E-state index contributed by atoms with van der Waals surface area (Å²) in [5.74, 6) is -1.05. The van der Waals surface area contributed by atoms with Crippen molar-refractivity contribution in [3.05, 3.63) is 99.7 Å². The average Bonchev–Trinajstić information content (AvgIpc) is 3.08. The number of rotatable bonds is 5. The zero-order valence-electron chi connectivity index (χ0n) is 18.9. The fraction of sp³-hybridized carbons (Fsp3) is 0.208. The highest BCUT2D eigenvalue weighted by molar-refractivity contribution is 7.07. The Balaban J connectivity index is 1.93. The van der Waals surface area contributed by atoms with Gasteiger partial charge in [0.1, 0.15) is 0 Å². The number of nitro groups is 1. The lowest BCUT2D eigenvalue weighted by molar-refractivity contribution is -0.385. The summed E-state index contributed by atoms with van der Waals surface area (Å²) < 4.78 is 7.12. The van der Waals surface area contributed by atoms with E-state index in [0.717, 1.165) is 11.3 Å². The van der Waals surface area contributed by atoms with Gasteiger partial charge in [-0.1, -0.05) is 41.1 Å². The third-order valence-corrected chi connectivity index (χ3v) is 6.50. The second kappa shape index (κ2) is 9.47. The van der Waals surface area contributed by atoms with E-state index in [1.165, 1.54) is 28.8 Å². The molecule has 1 N–H and O–H groups in total. The van der Waals surface area contributed by atoms with Gasteiger partial charge in [-0.25, -0.2) is 9.79 Å². The first-order valence-electron chi connectivity index (χ1n) is 10.5. The summed E-state index contributed by atoms with van der Waals surface area (Å²) in [7, 11) is 0. The number of ether oxygens (including phenoxy) is 1. The normalized spacial score (nSPS) is 15.7. The molecule has 9 nitrogen and oxygen atoms in total. The minimum absolute atomic E-state index is 0.236. The number of esters is 1. The van der Waals surface area contributed by atoms with E-state index in [9.17, 15) is 24.8 Å². The Morgan fingerprint density at radius 1 is 1.29 bits per heavy atom. The molecule has 2 aromatic carbocycles. The second-order valence-corrected chi connectivity index (χ2v) is 9.54. The van der Waals surface area contributed by atoms with E-state index < -0.39 is 33.9 Å². The molecule has 0 radical (unpaired) electrons. The molecule has 35 heavy (non-hydrogen) atoms. The van der Waals surface area contributed by atoms with Crippen LogP contribution in [0, 0.1) is 10.1 Å². The number of phenolic OH excluding ortho intramolecular Hbond substituents is 1. The molecule has 4 rings (SSSR count). The minimum atomic E-state index is -0.800. The molecule has 180 valence electrons. The minimum Gasteiger partial charge on any atom is -0.502 e. The second-order valence-electron chi connectivity index (χ2n) is 8.09. The number of nitrogens with zero attached hydrogens (tertiary/aromatic N) is 3. The van der Waals surface area contributed by atoms with Gasteiger partial charge in [0.05, 0.1) is 32.9 Å². The van der Waals surface area contributed by atoms with Gasteiger partial charge in [0.2, 0.25) is 0 Å². The molecule has 1 aliphatic heterocycles. The van der Waals surface area contributed by atoms with Crippen LogP contribution in [0.1, 0.15) is 37.9 Å². The third-order valence-electron chi connectivity index (χ3n) is 5.26. The van der Waals surface area contributed by atoms with Crippen molar-refractivity contribution in [3.8, 4) is 5.75 Å². The number of fused-ring (bicyclic) bond motifs is 1. The number of carbonyl (C=O) groups excluding carboxylic acids is 1. The lowest BCUT2D eigenvalue weighted by Gasteiger charge is -2.25. The van der Waals surface area contributed by atoms with Crippen molar-refractivity contribution in [1.82, 2.24) is 4.57 Å². The summed E-state index contributed by atoms with van der Waals surface area (Å²) in [6, 6.07) is 9.85. The van der Waals surface area contributed by atoms with Crippen LogP contribution in [-0.2, 0) is 9.53 Å². The maximum absolute atomic E-state index is 13.5. The Kier molecular flexibility index (Phi) is 6.60. The van der Waals surface area contributed by atoms with E-state index in [1.807, 2.05) is 0 Å². The summed E-state index contributed by atoms with van der Waals surface area (Å²) >= 11 is 7.15. The average molecular weight is 514 g/mol. The van der Waals surface area contributed by atoms with Crippen LogP contribution in [0.2, 0.25) is 5.02 Å². The maximum Gasteiger partial charge on any atom is 0.338 e. The molecule has 1 unspecified atom stereocenters. The van der Waals surface area contributed by atoms with E-state index in [2.05, 4.69) is 4.99 Å². The predicted octanol–water partition coefficient (Wildman–Crippen LogP) is 3.45. The van der Waals surface area contributed by atoms with Crippen molar-refractivity contribution in [3.63, 3.8) is 0 Å².